The number of rotatable bonds is 2. The van der Waals surface area contributed by atoms with Crippen LogP contribution in [0.2, 0.25) is 0 Å². The molecule has 0 spiro atoms. The summed E-state index contributed by atoms with van der Waals surface area (Å²) < 4.78 is 5.36. The lowest BCUT2D eigenvalue weighted by Crippen LogP contribution is -2.51. The normalized spacial score (nSPS) is 31.3. The van der Waals surface area contributed by atoms with Crippen LogP contribution in [0, 0.1) is 17.2 Å². The van der Waals surface area contributed by atoms with Crippen molar-refractivity contribution in [2.75, 3.05) is 46.4 Å². The standard InChI is InChI=1S/C11H19N3O/c1-13-3-5-14(6-4-13)11(8-12)10-2-7-15-9-10/h10-11H,2-7,9H2,1H3. The molecule has 2 unspecified atom stereocenters. The molecule has 0 bridgehead atoms. The van der Waals surface area contributed by atoms with E-state index in [1.54, 1.807) is 0 Å². The van der Waals surface area contributed by atoms with Gasteiger partial charge >= 0.3 is 0 Å². The summed E-state index contributed by atoms with van der Waals surface area (Å²) in [4.78, 5) is 4.63. The Morgan fingerprint density at radius 1 is 1.33 bits per heavy atom. The fraction of sp³-hybridized carbons (Fsp3) is 0.909. The molecule has 0 saturated carbocycles. The molecular formula is C11H19N3O. The summed E-state index contributed by atoms with van der Waals surface area (Å²) in [6.45, 7) is 5.79. The maximum atomic E-state index is 9.24. The highest BCUT2D eigenvalue weighted by atomic mass is 16.5. The molecule has 15 heavy (non-hydrogen) atoms. The Kier molecular flexibility index (Phi) is 3.57. The van der Waals surface area contributed by atoms with Crippen LogP contribution in [0.15, 0.2) is 0 Å². The Morgan fingerprint density at radius 3 is 2.60 bits per heavy atom. The smallest absolute Gasteiger partial charge is 0.103 e. The summed E-state index contributed by atoms with van der Waals surface area (Å²) in [6.07, 6.45) is 1.05. The third-order valence-electron chi connectivity index (χ3n) is 3.47. The number of nitriles is 1. The third-order valence-corrected chi connectivity index (χ3v) is 3.47. The average molecular weight is 209 g/mol. The Labute approximate surface area is 91.4 Å². The molecule has 0 radical (unpaired) electrons. The van der Waals surface area contributed by atoms with Crippen molar-refractivity contribution < 1.29 is 4.74 Å². The minimum absolute atomic E-state index is 0.0706. The van der Waals surface area contributed by atoms with Crippen molar-refractivity contribution in [2.45, 2.75) is 12.5 Å². The second-order valence-electron chi connectivity index (χ2n) is 4.54. The summed E-state index contributed by atoms with van der Waals surface area (Å²) >= 11 is 0. The van der Waals surface area contributed by atoms with Crippen molar-refractivity contribution in [3.05, 3.63) is 0 Å². The van der Waals surface area contributed by atoms with Crippen molar-refractivity contribution in [3.8, 4) is 6.07 Å². The Morgan fingerprint density at radius 2 is 2.07 bits per heavy atom. The lowest BCUT2D eigenvalue weighted by Gasteiger charge is -2.36. The van der Waals surface area contributed by atoms with Gasteiger partial charge in [0, 0.05) is 38.7 Å². The van der Waals surface area contributed by atoms with E-state index in [4.69, 9.17) is 4.74 Å². The SMILES string of the molecule is CN1CCN(C(C#N)C2CCOC2)CC1. The van der Waals surface area contributed by atoms with Gasteiger partial charge in [0.15, 0.2) is 0 Å². The molecule has 2 aliphatic heterocycles. The fourth-order valence-electron chi connectivity index (χ4n) is 2.39. The van der Waals surface area contributed by atoms with Crippen LogP contribution in [-0.4, -0.2) is 62.3 Å². The van der Waals surface area contributed by atoms with Crippen LogP contribution in [0.4, 0.5) is 0 Å². The number of ether oxygens (including phenoxy) is 1. The van der Waals surface area contributed by atoms with Gasteiger partial charge in [-0.2, -0.15) is 5.26 Å². The molecule has 0 aromatic carbocycles. The minimum Gasteiger partial charge on any atom is -0.381 e. The van der Waals surface area contributed by atoms with E-state index >= 15 is 0 Å². The molecule has 0 amide bonds. The highest BCUT2D eigenvalue weighted by Crippen LogP contribution is 2.21. The molecule has 2 rings (SSSR count). The van der Waals surface area contributed by atoms with Gasteiger partial charge in [-0.15, -0.1) is 0 Å². The Hall–Kier alpha value is -0.630. The largest absolute Gasteiger partial charge is 0.381 e. The van der Waals surface area contributed by atoms with Crippen molar-refractivity contribution in [1.29, 1.82) is 5.26 Å². The summed E-state index contributed by atoms with van der Waals surface area (Å²) in [7, 11) is 2.14. The molecule has 0 N–H and O–H groups in total. The number of hydrogen-bond acceptors (Lipinski definition) is 4. The lowest BCUT2D eigenvalue weighted by molar-refractivity contribution is 0.0974. The molecular weight excluding hydrogens is 190 g/mol. The fourth-order valence-corrected chi connectivity index (χ4v) is 2.39. The quantitative estimate of drug-likeness (QED) is 0.649. The van der Waals surface area contributed by atoms with Gasteiger partial charge < -0.3 is 9.64 Å². The first-order valence-electron chi connectivity index (χ1n) is 5.71. The van der Waals surface area contributed by atoms with E-state index in [2.05, 4.69) is 22.9 Å². The van der Waals surface area contributed by atoms with E-state index in [0.29, 0.717) is 5.92 Å². The molecule has 2 atom stereocenters. The molecule has 2 fully saturated rings. The van der Waals surface area contributed by atoms with Gasteiger partial charge in [-0.25, -0.2) is 0 Å². The van der Waals surface area contributed by atoms with Gasteiger partial charge in [-0.1, -0.05) is 0 Å². The molecule has 4 heteroatoms. The predicted octanol–water partition coefficient (Wildman–Crippen LogP) is 0.162. The first-order chi connectivity index (χ1) is 7.31. The van der Waals surface area contributed by atoms with Crippen LogP contribution >= 0.6 is 0 Å². The minimum atomic E-state index is 0.0706. The van der Waals surface area contributed by atoms with Gasteiger partial charge in [-0.05, 0) is 13.5 Å². The van der Waals surface area contributed by atoms with Gasteiger partial charge in [0.25, 0.3) is 0 Å². The maximum Gasteiger partial charge on any atom is 0.103 e. The van der Waals surface area contributed by atoms with E-state index in [-0.39, 0.29) is 6.04 Å². The number of piperazine rings is 1. The van der Waals surface area contributed by atoms with Crippen LogP contribution in [0.5, 0.6) is 0 Å². The number of hydrogen-bond donors (Lipinski definition) is 0. The zero-order chi connectivity index (χ0) is 10.7. The highest BCUT2D eigenvalue weighted by Gasteiger charge is 2.31. The maximum absolute atomic E-state index is 9.24. The van der Waals surface area contributed by atoms with E-state index in [1.807, 2.05) is 0 Å². The Bertz CT molecular complexity index is 237. The molecule has 2 aliphatic rings. The summed E-state index contributed by atoms with van der Waals surface area (Å²) in [5.41, 5.74) is 0. The van der Waals surface area contributed by atoms with Gasteiger partial charge in [-0.3, -0.25) is 4.90 Å². The highest BCUT2D eigenvalue weighted by molar-refractivity contribution is 4.98. The zero-order valence-corrected chi connectivity index (χ0v) is 9.35. The van der Waals surface area contributed by atoms with E-state index in [0.717, 1.165) is 45.8 Å². The molecule has 4 nitrogen and oxygen atoms in total. The van der Waals surface area contributed by atoms with E-state index in [1.165, 1.54) is 0 Å². The Balaban J connectivity index is 1.92. The summed E-state index contributed by atoms with van der Waals surface area (Å²) in [5, 5.41) is 9.24. The van der Waals surface area contributed by atoms with E-state index in [9.17, 15) is 5.26 Å². The number of nitrogens with zero attached hydrogens (tertiary/aromatic N) is 3. The summed E-state index contributed by atoms with van der Waals surface area (Å²) in [6, 6.07) is 2.53. The number of likely N-dealkylation sites (N-methyl/N-ethyl adjacent to an activating group) is 1. The second-order valence-corrected chi connectivity index (χ2v) is 4.54. The van der Waals surface area contributed by atoms with Crippen molar-refractivity contribution >= 4 is 0 Å². The molecule has 0 aliphatic carbocycles. The zero-order valence-electron chi connectivity index (χ0n) is 9.35. The molecule has 2 saturated heterocycles. The van der Waals surface area contributed by atoms with Crippen LogP contribution in [-0.2, 0) is 4.74 Å². The van der Waals surface area contributed by atoms with Crippen LogP contribution < -0.4 is 0 Å². The van der Waals surface area contributed by atoms with Gasteiger partial charge in [0.2, 0.25) is 0 Å². The topological polar surface area (TPSA) is 39.5 Å². The molecule has 0 aromatic rings. The molecule has 84 valence electrons. The first kappa shape index (κ1) is 10.9. The predicted molar refractivity (Wildman–Crippen MR) is 57.4 cm³/mol. The summed E-state index contributed by atoms with van der Waals surface area (Å²) in [5.74, 6) is 0.429. The average Bonchev–Trinajstić information content (AvgIpc) is 2.75. The van der Waals surface area contributed by atoms with Crippen LogP contribution in [0.25, 0.3) is 0 Å². The molecule has 0 aromatic heterocycles. The van der Waals surface area contributed by atoms with Crippen LogP contribution in [0.1, 0.15) is 6.42 Å². The monoisotopic (exact) mass is 209 g/mol. The van der Waals surface area contributed by atoms with Crippen molar-refractivity contribution in [1.82, 2.24) is 9.80 Å². The molecule has 2 heterocycles. The third kappa shape index (κ3) is 2.49. The lowest BCUT2D eigenvalue weighted by atomic mass is 9.98. The van der Waals surface area contributed by atoms with E-state index < -0.39 is 0 Å². The van der Waals surface area contributed by atoms with Gasteiger partial charge in [0.1, 0.15) is 6.04 Å². The first-order valence-corrected chi connectivity index (χ1v) is 5.71. The van der Waals surface area contributed by atoms with Crippen LogP contribution in [0.3, 0.4) is 0 Å². The van der Waals surface area contributed by atoms with Crippen molar-refractivity contribution in [2.24, 2.45) is 5.92 Å². The second kappa shape index (κ2) is 4.93. The van der Waals surface area contributed by atoms with Crippen molar-refractivity contribution in [3.63, 3.8) is 0 Å². The van der Waals surface area contributed by atoms with Gasteiger partial charge in [0.05, 0.1) is 12.7 Å².